The van der Waals surface area contributed by atoms with Gasteiger partial charge in [0.25, 0.3) is 0 Å². The standard InChI is InChI=1S/C14H16O2S/c1-10(9-16-2)17-14-8-7-13(15)11-5-3-4-6-12(11)14/h3-8,10,15H,9H2,1-2H3. The summed E-state index contributed by atoms with van der Waals surface area (Å²) in [5, 5.41) is 12.2. The molecule has 2 nitrogen and oxygen atoms in total. The van der Waals surface area contributed by atoms with E-state index in [4.69, 9.17) is 4.74 Å². The van der Waals surface area contributed by atoms with Gasteiger partial charge in [0.05, 0.1) is 6.61 Å². The van der Waals surface area contributed by atoms with Crippen LogP contribution in [0.3, 0.4) is 0 Å². The van der Waals surface area contributed by atoms with Crippen LogP contribution in [0.15, 0.2) is 41.3 Å². The number of hydrogen-bond acceptors (Lipinski definition) is 3. The Labute approximate surface area is 106 Å². The van der Waals surface area contributed by atoms with Crippen molar-refractivity contribution in [2.45, 2.75) is 17.1 Å². The van der Waals surface area contributed by atoms with E-state index in [-0.39, 0.29) is 0 Å². The number of thioether (sulfide) groups is 1. The number of hydrogen-bond donors (Lipinski definition) is 1. The van der Waals surface area contributed by atoms with E-state index in [0.717, 1.165) is 17.4 Å². The Morgan fingerprint density at radius 2 is 1.88 bits per heavy atom. The van der Waals surface area contributed by atoms with Gasteiger partial charge in [0, 0.05) is 22.6 Å². The number of ether oxygens (including phenoxy) is 1. The van der Waals surface area contributed by atoms with Crippen LogP contribution in [0.25, 0.3) is 10.8 Å². The summed E-state index contributed by atoms with van der Waals surface area (Å²) in [6.45, 7) is 2.86. The third kappa shape index (κ3) is 2.73. The van der Waals surface area contributed by atoms with E-state index in [9.17, 15) is 5.11 Å². The van der Waals surface area contributed by atoms with E-state index in [2.05, 4.69) is 6.92 Å². The predicted octanol–water partition coefficient (Wildman–Crippen LogP) is 3.67. The van der Waals surface area contributed by atoms with Crippen molar-refractivity contribution in [2.24, 2.45) is 0 Å². The van der Waals surface area contributed by atoms with Crippen molar-refractivity contribution in [3.05, 3.63) is 36.4 Å². The lowest BCUT2D eigenvalue weighted by Crippen LogP contribution is -2.04. The maximum Gasteiger partial charge on any atom is 0.123 e. The molecule has 0 amide bonds. The molecular formula is C14H16O2S. The van der Waals surface area contributed by atoms with Crippen molar-refractivity contribution in [1.82, 2.24) is 0 Å². The van der Waals surface area contributed by atoms with E-state index >= 15 is 0 Å². The van der Waals surface area contributed by atoms with Gasteiger partial charge in [-0.05, 0) is 17.5 Å². The molecule has 0 aromatic heterocycles. The van der Waals surface area contributed by atoms with Crippen LogP contribution in [-0.4, -0.2) is 24.1 Å². The SMILES string of the molecule is COCC(C)Sc1ccc(O)c2ccccc12. The van der Waals surface area contributed by atoms with Crippen LogP contribution in [0.1, 0.15) is 6.92 Å². The molecule has 0 saturated carbocycles. The molecule has 2 rings (SSSR count). The van der Waals surface area contributed by atoms with Crippen LogP contribution in [0, 0.1) is 0 Å². The highest BCUT2D eigenvalue weighted by molar-refractivity contribution is 8.00. The van der Waals surface area contributed by atoms with Gasteiger partial charge in [-0.2, -0.15) is 0 Å². The molecule has 3 heteroatoms. The van der Waals surface area contributed by atoms with Crippen molar-refractivity contribution in [2.75, 3.05) is 13.7 Å². The highest BCUT2D eigenvalue weighted by Gasteiger charge is 2.09. The van der Waals surface area contributed by atoms with Crippen molar-refractivity contribution >= 4 is 22.5 Å². The molecule has 2 aromatic carbocycles. The Hall–Kier alpha value is -1.19. The number of benzene rings is 2. The molecule has 90 valence electrons. The highest BCUT2D eigenvalue weighted by Crippen LogP contribution is 2.35. The summed E-state index contributed by atoms with van der Waals surface area (Å²) < 4.78 is 5.14. The van der Waals surface area contributed by atoms with Gasteiger partial charge in [0.2, 0.25) is 0 Å². The van der Waals surface area contributed by atoms with Gasteiger partial charge < -0.3 is 9.84 Å². The molecule has 0 fully saturated rings. The first-order valence-corrected chi connectivity index (χ1v) is 6.46. The second-order valence-corrected chi connectivity index (χ2v) is 5.49. The van der Waals surface area contributed by atoms with E-state index in [1.807, 2.05) is 30.3 Å². The van der Waals surface area contributed by atoms with Crippen LogP contribution >= 0.6 is 11.8 Å². The molecule has 0 bridgehead atoms. The number of aromatic hydroxyl groups is 1. The Balaban J connectivity index is 2.38. The minimum atomic E-state index is 0.337. The third-order valence-electron chi connectivity index (χ3n) is 2.59. The van der Waals surface area contributed by atoms with Crippen LogP contribution in [-0.2, 0) is 4.74 Å². The zero-order chi connectivity index (χ0) is 12.3. The summed E-state index contributed by atoms with van der Waals surface area (Å²) >= 11 is 1.77. The monoisotopic (exact) mass is 248 g/mol. The molecule has 0 aliphatic heterocycles. The van der Waals surface area contributed by atoms with Crippen molar-refractivity contribution < 1.29 is 9.84 Å². The van der Waals surface area contributed by atoms with Crippen molar-refractivity contribution in [3.8, 4) is 5.75 Å². The molecule has 17 heavy (non-hydrogen) atoms. The van der Waals surface area contributed by atoms with Crippen LogP contribution < -0.4 is 0 Å². The molecule has 1 atom stereocenters. The second kappa shape index (κ2) is 5.43. The summed E-state index contributed by atoms with van der Waals surface area (Å²) in [4.78, 5) is 1.18. The van der Waals surface area contributed by atoms with Gasteiger partial charge in [0.1, 0.15) is 5.75 Å². The maximum absolute atomic E-state index is 9.80. The summed E-state index contributed by atoms with van der Waals surface area (Å²) in [6.07, 6.45) is 0. The largest absolute Gasteiger partial charge is 0.507 e. The molecule has 2 aromatic rings. The van der Waals surface area contributed by atoms with E-state index in [0.29, 0.717) is 11.0 Å². The predicted molar refractivity (Wildman–Crippen MR) is 72.8 cm³/mol. The quantitative estimate of drug-likeness (QED) is 0.837. The van der Waals surface area contributed by atoms with Gasteiger partial charge >= 0.3 is 0 Å². The summed E-state index contributed by atoms with van der Waals surface area (Å²) in [5.74, 6) is 0.337. The van der Waals surface area contributed by atoms with Crippen molar-refractivity contribution in [1.29, 1.82) is 0 Å². The van der Waals surface area contributed by atoms with E-state index < -0.39 is 0 Å². The molecule has 0 radical (unpaired) electrons. The molecule has 0 saturated heterocycles. The lowest BCUT2D eigenvalue weighted by atomic mass is 10.1. The first kappa shape index (κ1) is 12.3. The van der Waals surface area contributed by atoms with Gasteiger partial charge in [-0.1, -0.05) is 31.2 Å². The summed E-state index contributed by atoms with van der Waals surface area (Å²) in [6, 6.07) is 11.6. The maximum atomic E-state index is 9.80. The minimum absolute atomic E-state index is 0.337. The van der Waals surface area contributed by atoms with Crippen LogP contribution in [0.5, 0.6) is 5.75 Å². The first-order valence-electron chi connectivity index (χ1n) is 5.58. The Bertz CT molecular complexity index is 511. The average molecular weight is 248 g/mol. The Morgan fingerprint density at radius 1 is 1.18 bits per heavy atom. The van der Waals surface area contributed by atoms with E-state index in [1.165, 1.54) is 4.90 Å². The normalized spacial score (nSPS) is 12.8. The highest BCUT2D eigenvalue weighted by atomic mass is 32.2. The minimum Gasteiger partial charge on any atom is -0.507 e. The summed E-state index contributed by atoms with van der Waals surface area (Å²) in [7, 11) is 1.71. The molecule has 1 N–H and O–H groups in total. The zero-order valence-electron chi connectivity index (χ0n) is 10.0. The topological polar surface area (TPSA) is 29.5 Å². The molecule has 0 aliphatic carbocycles. The Morgan fingerprint density at radius 3 is 2.59 bits per heavy atom. The van der Waals surface area contributed by atoms with Gasteiger partial charge in [0.15, 0.2) is 0 Å². The number of methoxy groups -OCH3 is 1. The van der Waals surface area contributed by atoms with Crippen LogP contribution in [0.4, 0.5) is 0 Å². The number of fused-ring (bicyclic) bond motifs is 1. The van der Waals surface area contributed by atoms with E-state index in [1.54, 1.807) is 24.9 Å². The van der Waals surface area contributed by atoms with Crippen LogP contribution in [0.2, 0.25) is 0 Å². The average Bonchev–Trinajstić information content (AvgIpc) is 2.34. The zero-order valence-corrected chi connectivity index (χ0v) is 10.8. The lowest BCUT2D eigenvalue weighted by molar-refractivity contribution is 0.203. The molecule has 0 spiro atoms. The fraction of sp³-hybridized carbons (Fsp3) is 0.286. The van der Waals surface area contributed by atoms with Gasteiger partial charge in [-0.25, -0.2) is 0 Å². The fourth-order valence-corrected chi connectivity index (χ4v) is 2.93. The molecule has 0 aliphatic rings. The second-order valence-electron chi connectivity index (χ2n) is 4.01. The number of rotatable bonds is 4. The lowest BCUT2D eigenvalue weighted by Gasteiger charge is -2.12. The fourth-order valence-electron chi connectivity index (χ4n) is 1.84. The first-order chi connectivity index (χ1) is 8.22. The molecule has 1 unspecified atom stereocenters. The van der Waals surface area contributed by atoms with Gasteiger partial charge in [-0.3, -0.25) is 0 Å². The van der Waals surface area contributed by atoms with Crippen molar-refractivity contribution in [3.63, 3.8) is 0 Å². The number of phenols is 1. The smallest absolute Gasteiger partial charge is 0.123 e. The Kier molecular flexibility index (Phi) is 3.92. The molecule has 0 heterocycles. The van der Waals surface area contributed by atoms with Gasteiger partial charge in [-0.15, -0.1) is 11.8 Å². The third-order valence-corrected chi connectivity index (χ3v) is 3.74. The number of phenolic OH excluding ortho intramolecular Hbond substituents is 1. The molecular weight excluding hydrogens is 232 g/mol. The summed E-state index contributed by atoms with van der Waals surface area (Å²) in [5.41, 5.74) is 0.